The Kier molecular flexibility index (Phi) is 11.0. The third-order valence-corrected chi connectivity index (χ3v) is 3.47. The van der Waals surface area contributed by atoms with Crippen LogP contribution in [0.2, 0.25) is 0 Å². The number of hydrogen-bond acceptors (Lipinski definition) is 3. The van der Waals surface area contributed by atoms with Crippen LogP contribution in [0, 0.1) is 5.92 Å². The number of ether oxygens (including phenoxy) is 1. The quantitative estimate of drug-likeness (QED) is 0.396. The number of aldehydes is 1. The van der Waals surface area contributed by atoms with E-state index in [1.165, 1.54) is 32.1 Å². The van der Waals surface area contributed by atoms with Crippen LogP contribution in [0.5, 0.6) is 0 Å². The molecule has 0 aromatic heterocycles. The molecule has 0 N–H and O–H groups in total. The molecule has 0 saturated carbocycles. The average molecular weight is 256 g/mol. The molecule has 0 fully saturated rings. The number of ketones is 1. The SMILES string of the molecule is CCCCCCCCC(OC)C(CC=O)C(C)=O. The Balaban J connectivity index is 3.92. The van der Waals surface area contributed by atoms with E-state index in [9.17, 15) is 9.59 Å². The molecule has 2 atom stereocenters. The second-order valence-electron chi connectivity index (χ2n) is 4.95. The van der Waals surface area contributed by atoms with Crippen LogP contribution in [-0.4, -0.2) is 25.3 Å². The van der Waals surface area contributed by atoms with Crippen LogP contribution in [0.3, 0.4) is 0 Å². The van der Waals surface area contributed by atoms with Crippen LogP contribution < -0.4 is 0 Å². The number of rotatable bonds is 12. The van der Waals surface area contributed by atoms with Crippen LogP contribution in [-0.2, 0) is 14.3 Å². The number of carbonyl (C=O) groups is 2. The maximum Gasteiger partial charge on any atom is 0.135 e. The molecule has 0 heterocycles. The number of hydrogen-bond donors (Lipinski definition) is 0. The fraction of sp³-hybridized carbons (Fsp3) is 0.867. The summed E-state index contributed by atoms with van der Waals surface area (Å²) in [6.07, 6.45) is 9.24. The zero-order chi connectivity index (χ0) is 13.8. The fourth-order valence-corrected chi connectivity index (χ4v) is 2.29. The maximum atomic E-state index is 11.5. The van der Waals surface area contributed by atoms with Crippen molar-refractivity contribution in [2.75, 3.05) is 7.11 Å². The van der Waals surface area contributed by atoms with E-state index in [-0.39, 0.29) is 24.2 Å². The summed E-state index contributed by atoms with van der Waals surface area (Å²) >= 11 is 0. The van der Waals surface area contributed by atoms with Gasteiger partial charge in [0, 0.05) is 13.5 Å². The first-order valence-corrected chi connectivity index (χ1v) is 7.14. The molecule has 0 rings (SSSR count). The summed E-state index contributed by atoms with van der Waals surface area (Å²) in [6.45, 7) is 3.75. The summed E-state index contributed by atoms with van der Waals surface area (Å²) in [5.41, 5.74) is 0. The van der Waals surface area contributed by atoms with Crippen LogP contribution in [0.15, 0.2) is 0 Å². The molecule has 2 unspecified atom stereocenters. The zero-order valence-corrected chi connectivity index (χ0v) is 12.1. The molecule has 18 heavy (non-hydrogen) atoms. The Bertz CT molecular complexity index is 226. The molecule has 3 nitrogen and oxygen atoms in total. The normalized spacial score (nSPS) is 14.2. The first-order chi connectivity index (χ1) is 8.67. The number of unbranched alkanes of at least 4 members (excludes halogenated alkanes) is 5. The lowest BCUT2D eigenvalue weighted by Crippen LogP contribution is -2.29. The monoisotopic (exact) mass is 256 g/mol. The largest absolute Gasteiger partial charge is 0.381 e. The lowest BCUT2D eigenvalue weighted by Gasteiger charge is -2.22. The van der Waals surface area contributed by atoms with Crippen molar-refractivity contribution in [3.8, 4) is 0 Å². The van der Waals surface area contributed by atoms with Crippen LogP contribution >= 0.6 is 0 Å². The first kappa shape index (κ1) is 17.3. The molecule has 0 bridgehead atoms. The number of carbonyl (C=O) groups excluding carboxylic acids is 2. The van der Waals surface area contributed by atoms with Gasteiger partial charge in [-0.3, -0.25) is 4.79 Å². The molecule has 0 aromatic rings. The van der Waals surface area contributed by atoms with E-state index in [1.54, 1.807) is 14.0 Å². The van der Waals surface area contributed by atoms with Crippen molar-refractivity contribution in [1.29, 1.82) is 0 Å². The van der Waals surface area contributed by atoms with Gasteiger partial charge in [-0.2, -0.15) is 0 Å². The van der Waals surface area contributed by atoms with Gasteiger partial charge in [0.1, 0.15) is 12.1 Å². The van der Waals surface area contributed by atoms with Gasteiger partial charge in [-0.05, 0) is 13.3 Å². The first-order valence-electron chi connectivity index (χ1n) is 7.14. The lowest BCUT2D eigenvalue weighted by atomic mass is 9.91. The van der Waals surface area contributed by atoms with E-state index in [2.05, 4.69) is 6.92 Å². The Morgan fingerprint density at radius 1 is 1.17 bits per heavy atom. The van der Waals surface area contributed by atoms with Crippen LogP contribution in [0.1, 0.15) is 65.2 Å². The predicted octanol–water partition coefficient (Wildman–Crippen LogP) is 3.55. The standard InChI is InChI=1S/C15H28O3/c1-4-5-6-7-8-9-10-15(18-3)14(11-12-16)13(2)17/h12,14-15H,4-11H2,1-3H3. The predicted molar refractivity (Wildman–Crippen MR) is 73.6 cm³/mol. The summed E-state index contributed by atoms with van der Waals surface area (Å²) < 4.78 is 5.37. The van der Waals surface area contributed by atoms with Crippen molar-refractivity contribution in [3.05, 3.63) is 0 Å². The van der Waals surface area contributed by atoms with E-state index in [0.29, 0.717) is 0 Å². The Hall–Kier alpha value is -0.700. The molecule has 0 aliphatic heterocycles. The number of methoxy groups -OCH3 is 1. The second-order valence-corrected chi connectivity index (χ2v) is 4.95. The summed E-state index contributed by atoms with van der Waals surface area (Å²) in [5.74, 6) is -0.205. The molecule has 0 saturated heterocycles. The highest BCUT2D eigenvalue weighted by Crippen LogP contribution is 2.19. The van der Waals surface area contributed by atoms with Crippen molar-refractivity contribution >= 4 is 12.1 Å². The van der Waals surface area contributed by atoms with Gasteiger partial charge in [-0.15, -0.1) is 0 Å². The minimum absolute atomic E-state index is 0.0555. The van der Waals surface area contributed by atoms with E-state index in [4.69, 9.17) is 4.74 Å². The van der Waals surface area contributed by atoms with E-state index in [0.717, 1.165) is 19.1 Å². The van der Waals surface area contributed by atoms with Crippen molar-refractivity contribution in [2.24, 2.45) is 5.92 Å². The molecule has 3 heteroatoms. The molecule has 0 aliphatic rings. The van der Waals surface area contributed by atoms with Gasteiger partial charge in [-0.25, -0.2) is 0 Å². The highest BCUT2D eigenvalue weighted by molar-refractivity contribution is 5.81. The minimum atomic E-state index is -0.261. The molecular formula is C15H28O3. The summed E-state index contributed by atoms with van der Waals surface area (Å²) in [6, 6.07) is 0. The molecule has 0 radical (unpaired) electrons. The van der Waals surface area contributed by atoms with Crippen LogP contribution in [0.25, 0.3) is 0 Å². The second kappa shape index (κ2) is 11.4. The van der Waals surface area contributed by atoms with Gasteiger partial charge in [0.2, 0.25) is 0 Å². The summed E-state index contributed by atoms with van der Waals surface area (Å²) in [7, 11) is 1.63. The zero-order valence-electron chi connectivity index (χ0n) is 12.1. The van der Waals surface area contributed by atoms with E-state index < -0.39 is 0 Å². The Morgan fingerprint density at radius 2 is 1.78 bits per heavy atom. The topological polar surface area (TPSA) is 43.4 Å². The average Bonchev–Trinajstić information content (AvgIpc) is 2.36. The minimum Gasteiger partial charge on any atom is -0.381 e. The third-order valence-electron chi connectivity index (χ3n) is 3.47. The highest BCUT2D eigenvalue weighted by Gasteiger charge is 2.24. The van der Waals surface area contributed by atoms with Crippen molar-refractivity contribution in [1.82, 2.24) is 0 Å². The van der Waals surface area contributed by atoms with Crippen molar-refractivity contribution in [3.63, 3.8) is 0 Å². The van der Waals surface area contributed by atoms with Gasteiger partial charge in [0.15, 0.2) is 0 Å². The third kappa shape index (κ3) is 7.59. The molecule has 0 amide bonds. The van der Waals surface area contributed by atoms with Gasteiger partial charge in [-0.1, -0.05) is 45.4 Å². The fourth-order valence-electron chi connectivity index (χ4n) is 2.29. The summed E-state index contributed by atoms with van der Waals surface area (Å²) in [5, 5.41) is 0. The summed E-state index contributed by atoms with van der Waals surface area (Å²) in [4.78, 5) is 22.0. The highest BCUT2D eigenvalue weighted by atomic mass is 16.5. The Morgan fingerprint density at radius 3 is 2.28 bits per heavy atom. The molecule has 0 aliphatic carbocycles. The van der Waals surface area contributed by atoms with Crippen LogP contribution in [0.4, 0.5) is 0 Å². The number of Topliss-reactive ketones (excluding diaryl/α,β-unsaturated/α-hetero) is 1. The van der Waals surface area contributed by atoms with Gasteiger partial charge >= 0.3 is 0 Å². The van der Waals surface area contributed by atoms with Crippen molar-refractivity contribution in [2.45, 2.75) is 71.3 Å². The van der Waals surface area contributed by atoms with Gasteiger partial charge in [0.05, 0.1) is 12.0 Å². The van der Waals surface area contributed by atoms with Gasteiger partial charge < -0.3 is 9.53 Å². The molecule has 0 spiro atoms. The van der Waals surface area contributed by atoms with E-state index in [1.807, 2.05) is 0 Å². The molecular weight excluding hydrogens is 228 g/mol. The molecule has 0 aromatic carbocycles. The van der Waals surface area contributed by atoms with Crippen molar-refractivity contribution < 1.29 is 14.3 Å². The van der Waals surface area contributed by atoms with E-state index >= 15 is 0 Å². The van der Waals surface area contributed by atoms with Gasteiger partial charge in [0.25, 0.3) is 0 Å². The lowest BCUT2D eigenvalue weighted by molar-refractivity contribution is -0.128. The molecule has 106 valence electrons. The smallest absolute Gasteiger partial charge is 0.135 e. The maximum absolute atomic E-state index is 11.5. The Labute approximate surface area is 111 Å².